The number of aryl methyl sites for hydroxylation is 1. The van der Waals surface area contributed by atoms with Crippen molar-refractivity contribution in [2.24, 2.45) is 5.41 Å². The van der Waals surface area contributed by atoms with Crippen molar-refractivity contribution < 1.29 is 24.5 Å². The van der Waals surface area contributed by atoms with E-state index in [9.17, 15) is 19.8 Å². The summed E-state index contributed by atoms with van der Waals surface area (Å²) in [5.41, 5.74) is 0.466. The third kappa shape index (κ3) is 4.50. The number of aliphatic hydroxyl groups excluding tert-OH is 1. The molecule has 1 unspecified atom stereocenters. The summed E-state index contributed by atoms with van der Waals surface area (Å²) in [4.78, 5) is 26.7. The summed E-state index contributed by atoms with van der Waals surface area (Å²) in [5.74, 6) is -0.557. The highest BCUT2D eigenvalue weighted by Crippen LogP contribution is 2.48. The molecule has 0 fully saturated rings. The van der Waals surface area contributed by atoms with Gasteiger partial charge in [0.15, 0.2) is 11.6 Å². The third-order valence-corrected chi connectivity index (χ3v) is 5.76. The van der Waals surface area contributed by atoms with Crippen LogP contribution in [0.2, 0.25) is 0 Å². The fourth-order valence-electron chi connectivity index (χ4n) is 3.83. The van der Waals surface area contributed by atoms with Crippen LogP contribution in [0.5, 0.6) is 5.75 Å². The molecule has 0 aromatic heterocycles. The molecular weight excluding hydrogens is 392 g/mol. The van der Waals surface area contributed by atoms with Gasteiger partial charge in [0.1, 0.15) is 28.4 Å². The molecule has 1 aromatic carbocycles. The normalized spacial score (nSPS) is 22.2. The molecule has 0 saturated heterocycles. The number of aliphatic hydroxyl groups is 1. The number of allylic oxidation sites excluding steroid dienone is 5. The number of ketones is 2. The Morgan fingerprint density at radius 1 is 1.10 bits per heavy atom. The number of carbonyl (C=O) groups excluding carboxylic acids is 2. The van der Waals surface area contributed by atoms with E-state index in [1.165, 1.54) is 0 Å². The van der Waals surface area contributed by atoms with Crippen molar-refractivity contribution >= 4 is 11.6 Å². The second-order valence-electron chi connectivity index (χ2n) is 9.24. The fraction of sp³-hybridized carbons (Fsp3) is 0.385. The van der Waals surface area contributed by atoms with Crippen molar-refractivity contribution in [3.05, 3.63) is 76.3 Å². The lowest BCUT2D eigenvalue weighted by Crippen LogP contribution is -2.42. The van der Waals surface area contributed by atoms with Crippen LogP contribution in [0.1, 0.15) is 53.0 Å². The highest BCUT2D eigenvalue weighted by molar-refractivity contribution is 6.24. The zero-order valence-electron chi connectivity index (χ0n) is 18.8. The molecule has 3 rings (SSSR count). The molecule has 0 radical (unpaired) electrons. The third-order valence-electron chi connectivity index (χ3n) is 5.76. The number of rotatable bonds is 6. The van der Waals surface area contributed by atoms with E-state index in [1.54, 1.807) is 37.3 Å². The summed E-state index contributed by atoms with van der Waals surface area (Å²) in [5, 5.41) is 20.3. The molecule has 1 heterocycles. The molecule has 164 valence electrons. The first-order valence-electron chi connectivity index (χ1n) is 10.5. The molecule has 2 N–H and O–H groups in total. The lowest BCUT2D eigenvalue weighted by molar-refractivity contribution is -0.129. The van der Waals surface area contributed by atoms with Crippen LogP contribution in [0.25, 0.3) is 0 Å². The Kier molecular flexibility index (Phi) is 5.99. The van der Waals surface area contributed by atoms with E-state index in [2.05, 4.69) is 0 Å². The lowest BCUT2D eigenvalue weighted by Gasteiger charge is -2.41. The molecule has 31 heavy (non-hydrogen) atoms. The molecule has 1 aliphatic carbocycles. The number of aromatic hydroxyl groups is 1. The molecule has 5 heteroatoms. The first kappa shape index (κ1) is 22.6. The molecule has 1 aromatic rings. The second kappa shape index (κ2) is 8.22. The number of hydrogen-bond donors (Lipinski definition) is 2. The van der Waals surface area contributed by atoms with Crippen LogP contribution in [0.4, 0.5) is 0 Å². The maximum Gasteiger partial charge on any atom is 0.183 e. The maximum absolute atomic E-state index is 13.6. The van der Waals surface area contributed by atoms with E-state index >= 15 is 0 Å². The van der Waals surface area contributed by atoms with E-state index < -0.39 is 22.6 Å². The zero-order valence-corrected chi connectivity index (χ0v) is 18.8. The number of phenols is 1. The predicted octanol–water partition coefficient (Wildman–Crippen LogP) is 5.27. The predicted molar refractivity (Wildman–Crippen MR) is 120 cm³/mol. The highest BCUT2D eigenvalue weighted by atomic mass is 16.5. The molecule has 0 spiro atoms. The van der Waals surface area contributed by atoms with Gasteiger partial charge in [-0.1, -0.05) is 23.8 Å². The summed E-state index contributed by atoms with van der Waals surface area (Å²) in [6.45, 7) is 9.46. The number of Topliss-reactive ketones (excluding diaryl/α,β-unsaturated/α-hetero) is 2. The number of carbonyl (C=O) groups is 2. The van der Waals surface area contributed by atoms with Crippen molar-refractivity contribution in [1.29, 1.82) is 0 Å². The van der Waals surface area contributed by atoms with Crippen molar-refractivity contribution in [3.63, 3.8) is 0 Å². The summed E-state index contributed by atoms with van der Waals surface area (Å²) in [6, 6.07) is 6.58. The molecule has 0 saturated carbocycles. The molecule has 1 atom stereocenters. The van der Waals surface area contributed by atoms with Crippen LogP contribution >= 0.6 is 0 Å². The average molecular weight is 423 g/mol. The van der Waals surface area contributed by atoms with Gasteiger partial charge in [-0.2, -0.15) is 0 Å². The summed E-state index contributed by atoms with van der Waals surface area (Å²) in [6.07, 6.45) is 6.37. The zero-order chi connectivity index (χ0) is 23.0. The van der Waals surface area contributed by atoms with Crippen LogP contribution < -0.4 is 0 Å². The topological polar surface area (TPSA) is 83.8 Å². The van der Waals surface area contributed by atoms with Crippen LogP contribution in [-0.2, 0) is 20.7 Å². The standard InChI is InChI=1S/C26H30O5/c1-16(2)12-15-26(5)23(30)21(20(28)11-8-17-6-9-18(27)10-7-17)22(29)19-13-14-25(3,4)31-24(19)26/h6-7,9-10,12-14,27,29H,8,11,15H2,1-5H3. The van der Waals surface area contributed by atoms with E-state index in [0.717, 1.165) is 11.1 Å². The van der Waals surface area contributed by atoms with Crippen molar-refractivity contribution in [3.8, 4) is 5.75 Å². The van der Waals surface area contributed by atoms with Gasteiger partial charge in [0, 0.05) is 6.42 Å². The van der Waals surface area contributed by atoms with Crippen LogP contribution in [0.15, 0.2) is 70.7 Å². The SMILES string of the molecule is CC(C)=CCC1(C)C(=O)C(C(=O)CCc2ccc(O)cc2)=C(O)C2=C1OC(C)(C)C=C2. The first-order valence-corrected chi connectivity index (χ1v) is 10.5. The summed E-state index contributed by atoms with van der Waals surface area (Å²) < 4.78 is 6.15. The highest BCUT2D eigenvalue weighted by Gasteiger charge is 2.50. The minimum absolute atomic E-state index is 0.0767. The Hall–Kier alpha value is -3.08. The van der Waals surface area contributed by atoms with Gasteiger partial charge in [-0.15, -0.1) is 0 Å². The number of hydrogen-bond acceptors (Lipinski definition) is 5. The van der Waals surface area contributed by atoms with E-state index in [-0.39, 0.29) is 23.5 Å². The second-order valence-corrected chi connectivity index (χ2v) is 9.24. The number of ether oxygens (including phenoxy) is 1. The monoisotopic (exact) mass is 422 g/mol. The van der Waals surface area contributed by atoms with Gasteiger partial charge in [0.05, 0.1) is 11.0 Å². The molecule has 0 amide bonds. The Morgan fingerprint density at radius 3 is 2.35 bits per heavy atom. The van der Waals surface area contributed by atoms with Crippen molar-refractivity contribution in [1.82, 2.24) is 0 Å². The van der Waals surface area contributed by atoms with E-state index in [0.29, 0.717) is 24.2 Å². The quantitative estimate of drug-likeness (QED) is 0.482. The van der Waals surface area contributed by atoms with Crippen molar-refractivity contribution in [2.75, 3.05) is 0 Å². The molecular formula is C26H30O5. The van der Waals surface area contributed by atoms with Gasteiger partial charge in [0.25, 0.3) is 0 Å². The largest absolute Gasteiger partial charge is 0.508 e. The number of phenolic OH excluding ortho intramolecular Hbond substituents is 1. The Labute approximate surface area is 183 Å². The van der Waals surface area contributed by atoms with Crippen LogP contribution in [0.3, 0.4) is 0 Å². The Balaban J connectivity index is 1.99. The smallest absolute Gasteiger partial charge is 0.183 e. The average Bonchev–Trinajstić information content (AvgIpc) is 2.70. The Bertz CT molecular complexity index is 1030. The van der Waals surface area contributed by atoms with Gasteiger partial charge < -0.3 is 14.9 Å². The first-order chi connectivity index (χ1) is 14.4. The minimum atomic E-state index is -1.08. The molecule has 5 nitrogen and oxygen atoms in total. The van der Waals surface area contributed by atoms with Gasteiger partial charge in [-0.3, -0.25) is 9.59 Å². The van der Waals surface area contributed by atoms with Gasteiger partial charge in [0.2, 0.25) is 0 Å². The maximum atomic E-state index is 13.6. The fourth-order valence-corrected chi connectivity index (χ4v) is 3.83. The minimum Gasteiger partial charge on any atom is -0.508 e. The van der Waals surface area contributed by atoms with Gasteiger partial charge >= 0.3 is 0 Å². The number of benzene rings is 1. The van der Waals surface area contributed by atoms with E-state index in [1.807, 2.05) is 39.8 Å². The summed E-state index contributed by atoms with van der Waals surface area (Å²) in [7, 11) is 0. The van der Waals surface area contributed by atoms with Gasteiger partial charge in [-0.05, 0) is 77.3 Å². The van der Waals surface area contributed by atoms with Crippen LogP contribution in [-0.4, -0.2) is 27.4 Å². The van der Waals surface area contributed by atoms with Crippen LogP contribution in [0, 0.1) is 5.41 Å². The Morgan fingerprint density at radius 2 is 1.74 bits per heavy atom. The summed E-state index contributed by atoms with van der Waals surface area (Å²) >= 11 is 0. The molecule has 1 aliphatic heterocycles. The van der Waals surface area contributed by atoms with Crippen molar-refractivity contribution in [2.45, 2.75) is 59.5 Å². The lowest BCUT2D eigenvalue weighted by atomic mass is 9.69. The van der Waals surface area contributed by atoms with E-state index in [4.69, 9.17) is 4.74 Å². The van der Waals surface area contributed by atoms with Gasteiger partial charge in [-0.25, -0.2) is 0 Å². The molecule has 0 bridgehead atoms. The molecule has 2 aliphatic rings.